The monoisotopic (exact) mass is 369 g/mol. The van der Waals surface area contributed by atoms with Crippen molar-refractivity contribution in [1.82, 2.24) is 14.9 Å². The van der Waals surface area contributed by atoms with E-state index in [0.717, 1.165) is 48.6 Å². The minimum Gasteiger partial charge on any atom is -0.497 e. The molecular formula is C20H27N5O2. The number of carbonyl (C=O) groups excluding carboxylic acids is 1. The van der Waals surface area contributed by atoms with Gasteiger partial charge < -0.3 is 21.1 Å². The van der Waals surface area contributed by atoms with E-state index in [2.05, 4.69) is 9.97 Å². The topological polar surface area (TPSA) is 107 Å². The van der Waals surface area contributed by atoms with Crippen LogP contribution >= 0.6 is 0 Å². The smallest absolute Gasteiger partial charge is 0.223 e. The van der Waals surface area contributed by atoms with Gasteiger partial charge in [0.15, 0.2) is 0 Å². The number of hydrogen-bond donors (Lipinski definition) is 2. The van der Waals surface area contributed by atoms with E-state index in [-0.39, 0.29) is 5.91 Å². The highest BCUT2D eigenvalue weighted by atomic mass is 16.5. The van der Waals surface area contributed by atoms with Gasteiger partial charge in [0, 0.05) is 44.1 Å². The minimum atomic E-state index is 0.137. The number of rotatable bonds is 6. The molecule has 1 aromatic heterocycles. The number of aromatic nitrogens is 2. The Kier molecular flexibility index (Phi) is 6.24. The van der Waals surface area contributed by atoms with Crippen molar-refractivity contribution in [3.8, 4) is 5.75 Å². The van der Waals surface area contributed by atoms with Gasteiger partial charge in [-0.2, -0.15) is 0 Å². The summed E-state index contributed by atoms with van der Waals surface area (Å²) in [6.07, 6.45) is 2.87. The summed E-state index contributed by atoms with van der Waals surface area (Å²) >= 11 is 0. The van der Waals surface area contributed by atoms with Gasteiger partial charge in [0.1, 0.15) is 5.75 Å². The molecule has 1 aliphatic rings. The molecule has 1 fully saturated rings. The summed E-state index contributed by atoms with van der Waals surface area (Å²) in [7, 11) is 1.65. The average Bonchev–Trinajstić information content (AvgIpc) is 2.68. The Balaban J connectivity index is 1.67. The van der Waals surface area contributed by atoms with Crippen molar-refractivity contribution in [1.29, 1.82) is 0 Å². The van der Waals surface area contributed by atoms with Crippen molar-refractivity contribution in [2.24, 2.45) is 5.73 Å². The molecule has 1 aromatic carbocycles. The maximum Gasteiger partial charge on any atom is 0.223 e. The Labute approximate surface area is 159 Å². The fourth-order valence-electron chi connectivity index (χ4n) is 3.50. The third-order valence-corrected chi connectivity index (χ3v) is 4.98. The highest BCUT2D eigenvalue weighted by molar-refractivity contribution is 5.76. The van der Waals surface area contributed by atoms with E-state index in [1.165, 1.54) is 0 Å². The number of piperidine rings is 1. The standard InChI is InChI=1S/C20H27N5O2/c1-27-17-4-2-14(3-5-17)12-16-13-18(24-20(22)23-16)15-7-10-25(11-8-15)19(26)6-9-21/h2-5,13,15H,6-12,21H2,1H3,(H2,22,23,24). The molecule has 1 saturated heterocycles. The van der Waals surface area contributed by atoms with Crippen molar-refractivity contribution in [2.75, 3.05) is 32.5 Å². The molecule has 0 spiro atoms. The van der Waals surface area contributed by atoms with Crippen LogP contribution in [-0.2, 0) is 11.2 Å². The first-order chi connectivity index (χ1) is 13.1. The normalized spacial score (nSPS) is 15.0. The third-order valence-electron chi connectivity index (χ3n) is 4.98. The Hall–Kier alpha value is -2.67. The van der Waals surface area contributed by atoms with Crippen LogP contribution in [0.2, 0.25) is 0 Å². The lowest BCUT2D eigenvalue weighted by Gasteiger charge is -2.32. The lowest BCUT2D eigenvalue weighted by molar-refractivity contribution is -0.132. The predicted octanol–water partition coefficient (Wildman–Crippen LogP) is 1.71. The van der Waals surface area contributed by atoms with E-state index in [4.69, 9.17) is 16.2 Å². The summed E-state index contributed by atoms with van der Waals surface area (Å²) in [6, 6.07) is 9.98. The number of ether oxygens (including phenoxy) is 1. The summed E-state index contributed by atoms with van der Waals surface area (Å²) in [4.78, 5) is 22.7. The van der Waals surface area contributed by atoms with Crippen molar-refractivity contribution >= 4 is 11.9 Å². The van der Waals surface area contributed by atoms with E-state index in [0.29, 0.717) is 31.3 Å². The fourth-order valence-corrected chi connectivity index (χ4v) is 3.50. The van der Waals surface area contributed by atoms with Crippen molar-refractivity contribution in [2.45, 2.75) is 31.6 Å². The van der Waals surface area contributed by atoms with Crippen molar-refractivity contribution < 1.29 is 9.53 Å². The number of methoxy groups -OCH3 is 1. The molecule has 0 bridgehead atoms. The summed E-state index contributed by atoms with van der Waals surface area (Å²) in [5.74, 6) is 1.57. The number of likely N-dealkylation sites (tertiary alicyclic amines) is 1. The SMILES string of the molecule is COc1ccc(Cc2cc(C3CCN(C(=O)CCN)CC3)nc(N)n2)cc1. The van der Waals surface area contributed by atoms with Crippen LogP contribution in [0.25, 0.3) is 0 Å². The van der Waals surface area contributed by atoms with Gasteiger partial charge in [0.2, 0.25) is 11.9 Å². The zero-order valence-electron chi connectivity index (χ0n) is 15.7. The number of nitrogen functional groups attached to an aromatic ring is 1. The largest absolute Gasteiger partial charge is 0.497 e. The van der Waals surface area contributed by atoms with Crippen LogP contribution in [0.15, 0.2) is 30.3 Å². The Bertz CT molecular complexity index is 770. The highest BCUT2D eigenvalue weighted by Crippen LogP contribution is 2.28. The molecule has 3 rings (SSSR count). The number of carbonyl (C=O) groups is 1. The lowest BCUT2D eigenvalue weighted by atomic mass is 9.92. The second-order valence-electron chi connectivity index (χ2n) is 6.86. The van der Waals surface area contributed by atoms with Crippen LogP contribution in [0.1, 0.15) is 42.1 Å². The Morgan fingerprint density at radius 2 is 1.93 bits per heavy atom. The molecule has 7 nitrogen and oxygen atoms in total. The zero-order valence-corrected chi connectivity index (χ0v) is 15.7. The molecule has 1 aliphatic heterocycles. The van der Waals surface area contributed by atoms with Gasteiger partial charge >= 0.3 is 0 Å². The van der Waals surface area contributed by atoms with Gasteiger partial charge in [-0.15, -0.1) is 0 Å². The molecule has 27 heavy (non-hydrogen) atoms. The summed E-state index contributed by atoms with van der Waals surface area (Å²) in [5.41, 5.74) is 14.5. The van der Waals surface area contributed by atoms with Crippen LogP contribution in [0.3, 0.4) is 0 Å². The molecule has 0 saturated carbocycles. The Morgan fingerprint density at radius 1 is 1.22 bits per heavy atom. The second-order valence-corrected chi connectivity index (χ2v) is 6.86. The third kappa shape index (κ3) is 4.95. The predicted molar refractivity (Wildman–Crippen MR) is 104 cm³/mol. The van der Waals surface area contributed by atoms with Gasteiger partial charge in [-0.05, 0) is 36.6 Å². The number of benzene rings is 1. The number of nitrogens with zero attached hydrogens (tertiary/aromatic N) is 3. The number of amides is 1. The lowest BCUT2D eigenvalue weighted by Crippen LogP contribution is -2.38. The molecule has 1 amide bonds. The first-order valence-corrected chi connectivity index (χ1v) is 9.33. The van der Waals surface area contributed by atoms with Crippen LogP contribution in [0, 0.1) is 0 Å². The zero-order chi connectivity index (χ0) is 19.2. The van der Waals surface area contributed by atoms with Gasteiger partial charge in [0.25, 0.3) is 0 Å². The molecule has 7 heteroatoms. The first-order valence-electron chi connectivity index (χ1n) is 9.33. The molecule has 0 radical (unpaired) electrons. The van der Waals surface area contributed by atoms with E-state index >= 15 is 0 Å². The van der Waals surface area contributed by atoms with E-state index < -0.39 is 0 Å². The number of hydrogen-bond acceptors (Lipinski definition) is 6. The molecule has 2 aromatic rings. The van der Waals surface area contributed by atoms with Gasteiger partial charge in [0.05, 0.1) is 12.8 Å². The number of nitrogens with two attached hydrogens (primary N) is 2. The molecule has 0 atom stereocenters. The van der Waals surface area contributed by atoms with E-state index in [9.17, 15) is 4.79 Å². The van der Waals surface area contributed by atoms with Crippen molar-refractivity contribution in [3.05, 3.63) is 47.3 Å². The molecule has 0 aliphatic carbocycles. The second kappa shape index (κ2) is 8.81. The molecule has 144 valence electrons. The minimum absolute atomic E-state index is 0.137. The van der Waals surface area contributed by atoms with Crippen LogP contribution in [0.5, 0.6) is 5.75 Å². The molecule has 4 N–H and O–H groups in total. The van der Waals surface area contributed by atoms with Crippen LogP contribution in [-0.4, -0.2) is 47.5 Å². The van der Waals surface area contributed by atoms with E-state index in [1.54, 1.807) is 7.11 Å². The molecular weight excluding hydrogens is 342 g/mol. The van der Waals surface area contributed by atoms with Crippen LogP contribution < -0.4 is 16.2 Å². The van der Waals surface area contributed by atoms with Gasteiger partial charge in [-0.25, -0.2) is 9.97 Å². The number of anilines is 1. The Morgan fingerprint density at radius 3 is 2.56 bits per heavy atom. The fraction of sp³-hybridized carbons (Fsp3) is 0.450. The van der Waals surface area contributed by atoms with Crippen LogP contribution in [0.4, 0.5) is 5.95 Å². The maximum absolute atomic E-state index is 12.0. The highest BCUT2D eigenvalue weighted by Gasteiger charge is 2.24. The molecule has 2 heterocycles. The first kappa shape index (κ1) is 19.1. The van der Waals surface area contributed by atoms with Gasteiger partial charge in [-0.1, -0.05) is 12.1 Å². The van der Waals surface area contributed by atoms with E-state index in [1.807, 2.05) is 35.2 Å². The summed E-state index contributed by atoms with van der Waals surface area (Å²) < 4.78 is 5.20. The maximum atomic E-state index is 12.0. The van der Waals surface area contributed by atoms with Gasteiger partial charge in [-0.3, -0.25) is 4.79 Å². The van der Waals surface area contributed by atoms with Crippen molar-refractivity contribution in [3.63, 3.8) is 0 Å². The summed E-state index contributed by atoms with van der Waals surface area (Å²) in [5, 5.41) is 0. The average molecular weight is 369 g/mol. The summed E-state index contributed by atoms with van der Waals surface area (Å²) in [6.45, 7) is 1.87. The quantitative estimate of drug-likeness (QED) is 0.803. The molecule has 0 unspecified atom stereocenters.